The summed E-state index contributed by atoms with van der Waals surface area (Å²) in [5, 5.41) is 3.47. The van der Waals surface area contributed by atoms with Gasteiger partial charge in [0.15, 0.2) is 5.96 Å². The van der Waals surface area contributed by atoms with Gasteiger partial charge in [-0.2, -0.15) is 0 Å². The van der Waals surface area contributed by atoms with Crippen LogP contribution in [0.4, 0.5) is 0 Å². The number of aryl methyl sites for hydroxylation is 1. The van der Waals surface area contributed by atoms with Crippen molar-refractivity contribution >= 4 is 5.96 Å². The molecular formula is C21H35N3O. The molecule has 1 aliphatic heterocycles. The summed E-state index contributed by atoms with van der Waals surface area (Å²) in [4.78, 5) is 7.36. The molecule has 0 bridgehead atoms. The van der Waals surface area contributed by atoms with Gasteiger partial charge < -0.3 is 15.0 Å². The fourth-order valence-corrected chi connectivity index (χ4v) is 3.33. The molecule has 1 aliphatic rings. The minimum atomic E-state index is 0.0241. The molecule has 4 heteroatoms. The molecule has 0 radical (unpaired) electrons. The van der Waals surface area contributed by atoms with Crippen LogP contribution in [0.2, 0.25) is 0 Å². The highest BCUT2D eigenvalue weighted by Gasteiger charge is 2.24. The third-order valence-electron chi connectivity index (χ3n) is 4.90. The molecule has 2 rings (SSSR count). The van der Waals surface area contributed by atoms with Crippen molar-refractivity contribution < 1.29 is 4.74 Å². The summed E-state index contributed by atoms with van der Waals surface area (Å²) in [5.41, 5.74) is 2.68. The van der Waals surface area contributed by atoms with Crippen molar-refractivity contribution in [3.63, 3.8) is 0 Å². The summed E-state index contributed by atoms with van der Waals surface area (Å²) in [6.07, 6.45) is 2.58. The Balaban J connectivity index is 2.04. The van der Waals surface area contributed by atoms with Crippen LogP contribution in [0.1, 0.15) is 51.7 Å². The number of hydrogen-bond donors (Lipinski definition) is 1. The maximum Gasteiger partial charge on any atom is 0.193 e. The van der Waals surface area contributed by atoms with Gasteiger partial charge in [-0.3, -0.25) is 4.99 Å². The molecule has 0 saturated carbocycles. The van der Waals surface area contributed by atoms with E-state index in [2.05, 4.69) is 69.1 Å². The van der Waals surface area contributed by atoms with Crippen molar-refractivity contribution in [1.82, 2.24) is 10.2 Å². The molecule has 4 nitrogen and oxygen atoms in total. The standard InChI is InChI=1S/C21H35N3O/c1-6-22-20(24-13-11-19(12-14-24)25-7-2)23-16-21(4,5)18-10-8-9-17(3)15-18/h8-10,15,19H,6-7,11-14,16H2,1-5H3,(H,22,23). The quantitative estimate of drug-likeness (QED) is 0.630. The molecule has 1 heterocycles. The Labute approximate surface area is 153 Å². The second kappa shape index (κ2) is 9.23. The lowest BCUT2D eigenvalue weighted by Gasteiger charge is -2.34. The molecule has 1 saturated heterocycles. The number of likely N-dealkylation sites (tertiary alicyclic amines) is 1. The first-order valence-electron chi connectivity index (χ1n) is 9.68. The number of guanidine groups is 1. The highest BCUT2D eigenvalue weighted by molar-refractivity contribution is 5.80. The number of aliphatic imine (C=N–C) groups is 1. The summed E-state index contributed by atoms with van der Waals surface area (Å²) in [7, 11) is 0. The third-order valence-corrected chi connectivity index (χ3v) is 4.90. The third kappa shape index (κ3) is 5.74. The average Bonchev–Trinajstić information content (AvgIpc) is 2.60. The van der Waals surface area contributed by atoms with Crippen molar-refractivity contribution in [3.8, 4) is 0 Å². The molecular weight excluding hydrogens is 310 g/mol. The Morgan fingerprint density at radius 2 is 2.00 bits per heavy atom. The summed E-state index contributed by atoms with van der Waals surface area (Å²) >= 11 is 0. The van der Waals surface area contributed by atoms with E-state index >= 15 is 0 Å². The van der Waals surface area contributed by atoms with Crippen molar-refractivity contribution in [2.75, 3.05) is 32.8 Å². The first kappa shape index (κ1) is 19.8. The average molecular weight is 346 g/mol. The lowest BCUT2D eigenvalue weighted by atomic mass is 9.84. The van der Waals surface area contributed by atoms with Gasteiger partial charge in [-0.1, -0.05) is 43.7 Å². The summed E-state index contributed by atoms with van der Waals surface area (Å²) in [6.45, 7) is 15.4. The number of piperidine rings is 1. The Morgan fingerprint density at radius 3 is 2.60 bits per heavy atom. The molecule has 0 unspecified atom stereocenters. The molecule has 0 aromatic heterocycles. The van der Waals surface area contributed by atoms with Gasteiger partial charge in [0.05, 0.1) is 12.6 Å². The van der Waals surface area contributed by atoms with E-state index < -0.39 is 0 Å². The first-order chi connectivity index (χ1) is 12.0. The lowest BCUT2D eigenvalue weighted by Crippen LogP contribution is -2.47. The molecule has 140 valence electrons. The van der Waals surface area contributed by atoms with Crippen LogP contribution < -0.4 is 5.32 Å². The molecule has 0 atom stereocenters. The number of nitrogens with one attached hydrogen (secondary N) is 1. The zero-order valence-electron chi connectivity index (χ0n) is 16.6. The number of rotatable bonds is 6. The Bertz CT molecular complexity index is 560. The number of hydrogen-bond acceptors (Lipinski definition) is 2. The normalized spacial score (nSPS) is 17.0. The van der Waals surface area contributed by atoms with E-state index in [9.17, 15) is 0 Å². The first-order valence-corrected chi connectivity index (χ1v) is 9.68. The van der Waals surface area contributed by atoms with Gasteiger partial charge in [-0.15, -0.1) is 0 Å². The Kier molecular flexibility index (Phi) is 7.30. The van der Waals surface area contributed by atoms with Crippen LogP contribution >= 0.6 is 0 Å². The number of nitrogens with zero attached hydrogens (tertiary/aromatic N) is 2. The topological polar surface area (TPSA) is 36.9 Å². The van der Waals surface area contributed by atoms with Crippen LogP contribution in [0.3, 0.4) is 0 Å². The van der Waals surface area contributed by atoms with Crippen LogP contribution in [0.15, 0.2) is 29.3 Å². The van der Waals surface area contributed by atoms with E-state index in [1.807, 2.05) is 0 Å². The lowest BCUT2D eigenvalue weighted by molar-refractivity contribution is 0.0263. The predicted molar refractivity (Wildman–Crippen MR) is 106 cm³/mol. The zero-order chi connectivity index (χ0) is 18.3. The van der Waals surface area contributed by atoms with E-state index in [4.69, 9.17) is 9.73 Å². The van der Waals surface area contributed by atoms with Gasteiger partial charge in [0.1, 0.15) is 0 Å². The van der Waals surface area contributed by atoms with Crippen molar-refractivity contribution in [3.05, 3.63) is 35.4 Å². The largest absolute Gasteiger partial charge is 0.378 e. The molecule has 0 amide bonds. The summed E-state index contributed by atoms with van der Waals surface area (Å²) < 4.78 is 5.77. The maximum atomic E-state index is 5.77. The van der Waals surface area contributed by atoms with Crippen LogP contribution in [-0.4, -0.2) is 49.7 Å². The van der Waals surface area contributed by atoms with E-state index in [1.54, 1.807) is 0 Å². The highest BCUT2D eigenvalue weighted by Crippen LogP contribution is 2.24. The predicted octanol–water partition coefficient (Wildman–Crippen LogP) is 3.74. The molecule has 1 fully saturated rings. The fraction of sp³-hybridized carbons (Fsp3) is 0.667. The summed E-state index contributed by atoms with van der Waals surface area (Å²) in [5.74, 6) is 1.04. The van der Waals surface area contributed by atoms with Gasteiger partial charge in [0.2, 0.25) is 0 Å². The van der Waals surface area contributed by atoms with Crippen LogP contribution in [-0.2, 0) is 10.2 Å². The Morgan fingerprint density at radius 1 is 1.28 bits per heavy atom. The molecule has 1 aromatic carbocycles. The number of benzene rings is 1. The zero-order valence-corrected chi connectivity index (χ0v) is 16.6. The van der Waals surface area contributed by atoms with E-state index in [0.717, 1.165) is 51.6 Å². The van der Waals surface area contributed by atoms with Crippen LogP contribution in [0.5, 0.6) is 0 Å². The molecule has 1 aromatic rings. The second-order valence-corrected chi connectivity index (χ2v) is 7.57. The van der Waals surface area contributed by atoms with E-state index in [-0.39, 0.29) is 5.41 Å². The van der Waals surface area contributed by atoms with Gasteiger partial charge in [0, 0.05) is 31.7 Å². The number of ether oxygens (including phenoxy) is 1. The van der Waals surface area contributed by atoms with Gasteiger partial charge in [-0.05, 0) is 39.2 Å². The molecule has 0 aliphatic carbocycles. The van der Waals surface area contributed by atoms with Gasteiger partial charge in [0.25, 0.3) is 0 Å². The fourth-order valence-electron chi connectivity index (χ4n) is 3.33. The van der Waals surface area contributed by atoms with Gasteiger partial charge in [-0.25, -0.2) is 0 Å². The monoisotopic (exact) mass is 345 g/mol. The highest BCUT2D eigenvalue weighted by atomic mass is 16.5. The molecule has 25 heavy (non-hydrogen) atoms. The SMILES string of the molecule is CCNC(=NCC(C)(C)c1cccc(C)c1)N1CCC(OCC)CC1. The maximum absolute atomic E-state index is 5.77. The Hall–Kier alpha value is -1.55. The van der Waals surface area contributed by atoms with Gasteiger partial charge >= 0.3 is 0 Å². The molecule has 0 spiro atoms. The molecule has 1 N–H and O–H groups in total. The van der Waals surface area contributed by atoms with E-state index in [1.165, 1.54) is 11.1 Å². The minimum Gasteiger partial charge on any atom is -0.378 e. The van der Waals surface area contributed by atoms with Crippen molar-refractivity contribution in [1.29, 1.82) is 0 Å². The van der Waals surface area contributed by atoms with Crippen molar-refractivity contribution in [2.45, 2.75) is 59.0 Å². The summed E-state index contributed by atoms with van der Waals surface area (Å²) in [6, 6.07) is 8.77. The van der Waals surface area contributed by atoms with Crippen LogP contribution in [0.25, 0.3) is 0 Å². The minimum absolute atomic E-state index is 0.0241. The van der Waals surface area contributed by atoms with Crippen molar-refractivity contribution in [2.24, 2.45) is 4.99 Å². The van der Waals surface area contributed by atoms with Crippen LogP contribution in [0, 0.1) is 6.92 Å². The van der Waals surface area contributed by atoms with E-state index in [0.29, 0.717) is 6.10 Å². The second-order valence-electron chi connectivity index (χ2n) is 7.57. The smallest absolute Gasteiger partial charge is 0.193 e.